The van der Waals surface area contributed by atoms with Gasteiger partial charge in [-0.05, 0) is 44.7 Å². The van der Waals surface area contributed by atoms with Crippen LogP contribution < -0.4 is 15.5 Å². The van der Waals surface area contributed by atoms with Crippen LogP contribution in [0.5, 0.6) is 0 Å². The first kappa shape index (κ1) is 26.0. The minimum absolute atomic E-state index is 0. The molecule has 1 aliphatic rings. The number of benzene rings is 1. The van der Waals surface area contributed by atoms with Gasteiger partial charge in [0.1, 0.15) is 6.07 Å². The minimum atomic E-state index is 0. The Kier molecular flexibility index (Phi) is 10.3. The van der Waals surface area contributed by atoms with Gasteiger partial charge in [-0.3, -0.25) is 4.68 Å². The van der Waals surface area contributed by atoms with Crippen LogP contribution in [0.15, 0.2) is 29.3 Å². The average molecular weight is 550 g/mol. The quantitative estimate of drug-likeness (QED) is 0.313. The summed E-state index contributed by atoms with van der Waals surface area (Å²) in [5.74, 6) is 0.843. The summed E-state index contributed by atoms with van der Waals surface area (Å²) in [6.07, 6.45) is 4.04. The van der Waals surface area contributed by atoms with Crippen molar-refractivity contribution < 1.29 is 0 Å². The lowest BCUT2D eigenvalue weighted by Crippen LogP contribution is -2.51. The molecule has 3 rings (SSSR count). The maximum atomic E-state index is 9.47. The van der Waals surface area contributed by atoms with Gasteiger partial charge < -0.3 is 15.5 Å². The van der Waals surface area contributed by atoms with Crippen LogP contribution in [0.1, 0.15) is 56.1 Å². The Morgan fingerprint density at radius 3 is 2.72 bits per heavy atom. The van der Waals surface area contributed by atoms with E-state index >= 15 is 0 Å². The molecule has 2 heterocycles. The lowest BCUT2D eigenvalue weighted by molar-refractivity contribution is 0.468. The van der Waals surface area contributed by atoms with Crippen molar-refractivity contribution in [1.29, 1.82) is 5.26 Å². The van der Waals surface area contributed by atoms with Gasteiger partial charge in [0.25, 0.3) is 0 Å². The molecule has 174 valence electrons. The Balaban J connectivity index is 0.00000363. The molecule has 0 bridgehead atoms. The number of halogens is 1. The first-order chi connectivity index (χ1) is 15.1. The van der Waals surface area contributed by atoms with Gasteiger partial charge >= 0.3 is 0 Å². The summed E-state index contributed by atoms with van der Waals surface area (Å²) in [5.41, 5.74) is 5.40. The zero-order valence-corrected chi connectivity index (χ0v) is 22.0. The number of hydrogen-bond acceptors (Lipinski definition) is 4. The number of nitrogens with one attached hydrogen (secondary N) is 2. The first-order valence-corrected chi connectivity index (χ1v) is 11.4. The Hall–Kier alpha value is -2.28. The van der Waals surface area contributed by atoms with E-state index in [0.29, 0.717) is 6.54 Å². The SMILES string of the molecule is CCNC(=NCc1c(CC)nn(C)c1CC)NC1CCCN(c2ccccc2C#N)C1.I. The number of nitrogens with zero attached hydrogens (tertiary/aromatic N) is 5. The number of piperidine rings is 1. The van der Waals surface area contributed by atoms with E-state index in [1.54, 1.807) is 0 Å². The summed E-state index contributed by atoms with van der Waals surface area (Å²) in [6, 6.07) is 10.5. The van der Waals surface area contributed by atoms with Crippen LogP contribution in [0.4, 0.5) is 5.69 Å². The highest BCUT2D eigenvalue weighted by Crippen LogP contribution is 2.23. The summed E-state index contributed by atoms with van der Waals surface area (Å²) in [5, 5.41) is 21.2. The third kappa shape index (κ3) is 6.15. The van der Waals surface area contributed by atoms with Gasteiger partial charge in [-0.2, -0.15) is 10.4 Å². The number of para-hydroxylation sites is 1. The highest BCUT2D eigenvalue weighted by Gasteiger charge is 2.22. The predicted molar refractivity (Wildman–Crippen MR) is 142 cm³/mol. The standard InChI is InChI=1S/C24H35N7.HI/c1-5-21-20(22(6-2)30(4)29-21)16-27-24(26-7-3)28-19-12-10-14-31(17-19)23-13-9-8-11-18(23)15-25;/h8-9,11,13,19H,5-7,10,12,14,16-17H2,1-4H3,(H2,26,27,28);1H. The molecular formula is C24H36IN7. The molecule has 0 saturated carbocycles. The van der Waals surface area contributed by atoms with Gasteiger partial charge in [0.15, 0.2) is 5.96 Å². The average Bonchev–Trinajstić information content (AvgIpc) is 3.12. The Morgan fingerprint density at radius 1 is 1.25 bits per heavy atom. The molecule has 1 aromatic carbocycles. The maximum absolute atomic E-state index is 9.47. The summed E-state index contributed by atoms with van der Waals surface area (Å²) in [7, 11) is 2.02. The van der Waals surface area contributed by atoms with E-state index in [-0.39, 0.29) is 30.0 Å². The molecule has 1 unspecified atom stereocenters. The predicted octanol–water partition coefficient (Wildman–Crippen LogP) is 3.76. The molecule has 1 fully saturated rings. The van der Waals surface area contributed by atoms with Gasteiger partial charge in [0, 0.05) is 44.0 Å². The molecule has 0 spiro atoms. The number of nitriles is 1. The van der Waals surface area contributed by atoms with E-state index in [1.807, 2.05) is 36.0 Å². The molecule has 0 amide bonds. The van der Waals surface area contributed by atoms with Crippen molar-refractivity contribution in [1.82, 2.24) is 20.4 Å². The molecule has 2 N–H and O–H groups in total. The maximum Gasteiger partial charge on any atom is 0.191 e. The van der Waals surface area contributed by atoms with Crippen LogP contribution in [0.2, 0.25) is 0 Å². The molecule has 1 atom stereocenters. The van der Waals surface area contributed by atoms with Crippen molar-refractivity contribution in [2.45, 2.75) is 59.0 Å². The zero-order valence-electron chi connectivity index (χ0n) is 19.7. The number of aryl methyl sites for hydroxylation is 2. The molecule has 1 aliphatic heterocycles. The van der Waals surface area contributed by atoms with Crippen LogP contribution in [-0.4, -0.2) is 41.4 Å². The number of guanidine groups is 1. The van der Waals surface area contributed by atoms with Gasteiger partial charge in [-0.15, -0.1) is 24.0 Å². The van der Waals surface area contributed by atoms with Gasteiger partial charge in [0.05, 0.1) is 23.5 Å². The number of rotatable bonds is 7. The molecule has 1 aromatic heterocycles. The topological polar surface area (TPSA) is 81.3 Å². The minimum Gasteiger partial charge on any atom is -0.368 e. The van der Waals surface area contributed by atoms with Crippen LogP contribution in [0, 0.1) is 11.3 Å². The second-order valence-electron chi connectivity index (χ2n) is 7.96. The van der Waals surface area contributed by atoms with E-state index in [2.05, 4.69) is 47.5 Å². The smallest absolute Gasteiger partial charge is 0.191 e. The summed E-state index contributed by atoms with van der Waals surface area (Å²) >= 11 is 0. The number of aliphatic imine (C=N–C) groups is 1. The molecule has 0 radical (unpaired) electrons. The molecule has 7 nitrogen and oxygen atoms in total. The molecular weight excluding hydrogens is 513 g/mol. The molecule has 1 saturated heterocycles. The largest absolute Gasteiger partial charge is 0.368 e. The fraction of sp³-hybridized carbons (Fsp3) is 0.542. The highest BCUT2D eigenvalue weighted by atomic mass is 127. The van der Waals surface area contributed by atoms with Crippen molar-refractivity contribution in [3.63, 3.8) is 0 Å². The van der Waals surface area contributed by atoms with Crippen LogP contribution >= 0.6 is 24.0 Å². The highest BCUT2D eigenvalue weighted by molar-refractivity contribution is 14.0. The number of hydrogen-bond donors (Lipinski definition) is 2. The van der Waals surface area contributed by atoms with Gasteiger partial charge in [0.2, 0.25) is 0 Å². The monoisotopic (exact) mass is 549 g/mol. The first-order valence-electron chi connectivity index (χ1n) is 11.4. The summed E-state index contributed by atoms with van der Waals surface area (Å²) in [4.78, 5) is 7.22. The second kappa shape index (κ2) is 12.7. The van der Waals surface area contributed by atoms with Gasteiger partial charge in [-0.25, -0.2) is 4.99 Å². The Labute approximate surface area is 209 Å². The van der Waals surface area contributed by atoms with Crippen molar-refractivity contribution in [2.24, 2.45) is 12.0 Å². The molecule has 8 heteroatoms. The van der Waals surface area contributed by atoms with Crippen LogP contribution in [0.25, 0.3) is 0 Å². The Morgan fingerprint density at radius 2 is 2.03 bits per heavy atom. The Bertz CT molecular complexity index is 944. The second-order valence-corrected chi connectivity index (χ2v) is 7.96. The van der Waals surface area contributed by atoms with Crippen LogP contribution in [-0.2, 0) is 26.4 Å². The molecule has 32 heavy (non-hydrogen) atoms. The van der Waals surface area contributed by atoms with Crippen LogP contribution in [0.3, 0.4) is 0 Å². The van der Waals surface area contributed by atoms with Crippen molar-refractivity contribution in [3.05, 3.63) is 46.8 Å². The third-order valence-corrected chi connectivity index (χ3v) is 5.89. The van der Waals surface area contributed by atoms with Crippen molar-refractivity contribution in [2.75, 3.05) is 24.5 Å². The third-order valence-electron chi connectivity index (χ3n) is 5.89. The fourth-order valence-corrected chi connectivity index (χ4v) is 4.40. The van der Waals surface area contributed by atoms with Crippen molar-refractivity contribution >= 4 is 35.6 Å². The van der Waals surface area contributed by atoms with E-state index < -0.39 is 0 Å². The fourth-order valence-electron chi connectivity index (χ4n) is 4.40. The zero-order chi connectivity index (χ0) is 22.2. The normalized spacial score (nSPS) is 16.3. The van der Waals surface area contributed by atoms with E-state index in [9.17, 15) is 5.26 Å². The number of anilines is 1. The van der Waals surface area contributed by atoms with Crippen molar-refractivity contribution in [3.8, 4) is 6.07 Å². The lowest BCUT2D eigenvalue weighted by atomic mass is 10.0. The van der Waals surface area contributed by atoms with E-state index in [1.165, 1.54) is 11.3 Å². The summed E-state index contributed by atoms with van der Waals surface area (Å²) in [6.45, 7) is 9.68. The lowest BCUT2D eigenvalue weighted by Gasteiger charge is -2.35. The van der Waals surface area contributed by atoms with E-state index in [0.717, 1.165) is 68.2 Å². The number of aromatic nitrogens is 2. The molecule has 0 aliphatic carbocycles. The summed E-state index contributed by atoms with van der Waals surface area (Å²) < 4.78 is 2.00. The van der Waals surface area contributed by atoms with E-state index in [4.69, 9.17) is 4.99 Å². The molecule has 2 aromatic rings. The van der Waals surface area contributed by atoms with Gasteiger partial charge in [-0.1, -0.05) is 26.0 Å².